The van der Waals surface area contributed by atoms with E-state index in [0.717, 1.165) is 5.56 Å². The zero-order valence-corrected chi connectivity index (χ0v) is 12.2. The van der Waals surface area contributed by atoms with Gasteiger partial charge in [0.05, 0.1) is 11.3 Å². The molecular formula is C15H14ClNO3. The van der Waals surface area contributed by atoms with E-state index >= 15 is 0 Å². The van der Waals surface area contributed by atoms with Crippen molar-refractivity contribution in [2.24, 2.45) is 0 Å². The van der Waals surface area contributed by atoms with Crippen LogP contribution in [0.5, 0.6) is 0 Å². The summed E-state index contributed by atoms with van der Waals surface area (Å²) in [6.45, 7) is 5.09. The van der Waals surface area contributed by atoms with E-state index in [1.165, 1.54) is 10.6 Å². The van der Waals surface area contributed by atoms with Crippen molar-refractivity contribution < 1.29 is 9.90 Å². The molecule has 5 heteroatoms. The Labute approximate surface area is 121 Å². The molecule has 0 saturated carbocycles. The molecule has 0 aliphatic heterocycles. The van der Waals surface area contributed by atoms with Gasteiger partial charge in [-0.1, -0.05) is 17.7 Å². The first-order valence-electron chi connectivity index (χ1n) is 6.06. The van der Waals surface area contributed by atoms with Crippen LogP contribution in [0.2, 0.25) is 5.02 Å². The number of aromatic carboxylic acids is 1. The Hall–Kier alpha value is -2.07. The average molecular weight is 292 g/mol. The van der Waals surface area contributed by atoms with E-state index in [0.29, 0.717) is 22.0 Å². The summed E-state index contributed by atoms with van der Waals surface area (Å²) in [4.78, 5) is 23.6. The van der Waals surface area contributed by atoms with Crippen LogP contribution in [0.1, 0.15) is 27.2 Å². The summed E-state index contributed by atoms with van der Waals surface area (Å²) >= 11 is 5.97. The van der Waals surface area contributed by atoms with Crippen molar-refractivity contribution in [2.75, 3.05) is 0 Å². The van der Waals surface area contributed by atoms with Crippen LogP contribution in [-0.2, 0) is 0 Å². The third kappa shape index (κ3) is 2.34. The van der Waals surface area contributed by atoms with Crippen molar-refractivity contribution >= 4 is 17.6 Å². The van der Waals surface area contributed by atoms with Crippen molar-refractivity contribution in [1.82, 2.24) is 4.57 Å². The Morgan fingerprint density at radius 1 is 1.15 bits per heavy atom. The third-order valence-electron chi connectivity index (χ3n) is 3.28. The third-order valence-corrected chi connectivity index (χ3v) is 3.51. The molecule has 2 aromatic rings. The molecule has 20 heavy (non-hydrogen) atoms. The normalized spacial score (nSPS) is 10.6. The van der Waals surface area contributed by atoms with Gasteiger partial charge in [0.15, 0.2) is 0 Å². The topological polar surface area (TPSA) is 59.3 Å². The van der Waals surface area contributed by atoms with Crippen LogP contribution in [0.3, 0.4) is 0 Å². The molecule has 0 aliphatic rings. The van der Waals surface area contributed by atoms with Crippen molar-refractivity contribution in [3.63, 3.8) is 0 Å². The Bertz CT molecular complexity index is 762. The van der Waals surface area contributed by atoms with Gasteiger partial charge in [-0.25, -0.2) is 4.79 Å². The Morgan fingerprint density at radius 3 is 2.40 bits per heavy atom. The minimum Gasteiger partial charge on any atom is -0.478 e. The lowest BCUT2D eigenvalue weighted by atomic mass is 10.1. The summed E-state index contributed by atoms with van der Waals surface area (Å²) in [5.74, 6) is -1.05. The molecule has 1 N–H and O–H groups in total. The van der Waals surface area contributed by atoms with E-state index in [1.54, 1.807) is 32.0 Å². The molecule has 0 saturated heterocycles. The van der Waals surface area contributed by atoms with E-state index in [9.17, 15) is 14.7 Å². The quantitative estimate of drug-likeness (QED) is 0.925. The fourth-order valence-corrected chi connectivity index (χ4v) is 2.50. The Kier molecular flexibility index (Phi) is 3.68. The first kappa shape index (κ1) is 14.3. The fraction of sp³-hybridized carbons (Fsp3) is 0.200. The van der Waals surface area contributed by atoms with Crippen LogP contribution >= 0.6 is 11.6 Å². The monoisotopic (exact) mass is 291 g/mol. The predicted octanol–water partition coefficient (Wildman–Crippen LogP) is 3.11. The van der Waals surface area contributed by atoms with Gasteiger partial charge in [-0.2, -0.15) is 0 Å². The Balaban J connectivity index is 2.88. The molecular weight excluding hydrogens is 278 g/mol. The van der Waals surface area contributed by atoms with Gasteiger partial charge in [0, 0.05) is 16.8 Å². The zero-order chi connectivity index (χ0) is 15.0. The second-order valence-corrected chi connectivity index (χ2v) is 5.13. The number of carboxylic acids is 1. The molecule has 4 nitrogen and oxygen atoms in total. The maximum Gasteiger partial charge on any atom is 0.337 e. The smallest absolute Gasteiger partial charge is 0.337 e. The molecule has 2 rings (SSSR count). The number of nitrogens with zero attached hydrogens (tertiary/aromatic N) is 1. The summed E-state index contributed by atoms with van der Waals surface area (Å²) in [7, 11) is 0. The molecule has 0 radical (unpaired) electrons. The highest BCUT2D eigenvalue weighted by Crippen LogP contribution is 2.21. The Morgan fingerprint density at radius 2 is 1.80 bits per heavy atom. The van der Waals surface area contributed by atoms with Gasteiger partial charge in [-0.15, -0.1) is 0 Å². The molecule has 1 aromatic carbocycles. The van der Waals surface area contributed by atoms with Crippen molar-refractivity contribution in [1.29, 1.82) is 0 Å². The second kappa shape index (κ2) is 5.13. The van der Waals surface area contributed by atoms with Gasteiger partial charge in [0.25, 0.3) is 5.56 Å². The highest BCUT2D eigenvalue weighted by Gasteiger charge is 2.17. The second-order valence-electron chi connectivity index (χ2n) is 4.70. The first-order valence-corrected chi connectivity index (χ1v) is 6.44. The summed E-state index contributed by atoms with van der Waals surface area (Å²) < 4.78 is 1.39. The molecule has 0 aliphatic carbocycles. The van der Waals surface area contributed by atoms with Gasteiger partial charge in [-0.3, -0.25) is 9.36 Å². The number of aromatic nitrogens is 1. The SMILES string of the molecule is Cc1ccc(Cl)cc1-n1c(C)c(C(=O)O)c(C)cc1=O. The standard InChI is InChI=1S/C15H14ClNO3/c1-8-4-5-11(16)7-12(8)17-10(3)14(15(19)20)9(2)6-13(17)18/h4-7H,1-3H3,(H,19,20). The number of carbonyl (C=O) groups is 1. The number of aryl methyl sites for hydroxylation is 2. The van der Waals surface area contributed by atoms with Crippen LogP contribution in [0.4, 0.5) is 0 Å². The molecule has 1 aromatic heterocycles. The largest absolute Gasteiger partial charge is 0.478 e. The van der Waals surface area contributed by atoms with Gasteiger partial charge >= 0.3 is 5.97 Å². The van der Waals surface area contributed by atoms with Gasteiger partial charge in [0.2, 0.25) is 0 Å². The average Bonchev–Trinajstić information content (AvgIpc) is 2.32. The zero-order valence-electron chi connectivity index (χ0n) is 11.4. The van der Waals surface area contributed by atoms with Crippen molar-refractivity contribution in [3.05, 3.63) is 62.0 Å². The molecule has 0 spiro atoms. The van der Waals surface area contributed by atoms with Crippen LogP contribution in [0, 0.1) is 20.8 Å². The van der Waals surface area contributed by atoms with Crippen LogP contribution in [0.25, 0.3) is 5.69 Å². The summed E-state index contributed by atoms with van der Waals surface area (Å²) in [5.41, 5.74) is 2.17. The van der Waals surface area contributed by atoms with Crippen molar-refractivity contribution in [3.8, 4) is 5.69 Å². The lowest BCUT2D eigenvalue weighted by molar-refractivity contribution is 0.0694. The lowest BCUT2D eigenvalue weighted by Crippen LogP contribution is -2.24. The maximum atomic E-state index is 12.2. The number of hydrogen-bond acceptors (Lipinski definition) is 2. The van der Waals surface area contributed by atoms with Gasteiger partial charge in [0.1, 0.15) is 0 Å². The predicted molar refractivity (Wildman–Crippen MR) is 78.2 cm³/mol. The minimum absolute atomic E-state index is 0.143. The number of benzene rings is 1. The number of carboxylic acid groups (broad SMARTS) is 1. The van der Waals surface area contributed by atoms with Crippen LogP contribution in [0.15, 0.2) is 29.1 Å². The highest BCUT2D eigenvalue weighted by atomic mass is 35.5. The molecule has 0 fully saturated rings. The number of halogens is 1. The van der Waals surface area contributed by atoms with Crippen LogP contribution < -0.4 is 5.56 Å². The van der Waals surface area contributed by atoms with Crippen molar-refractivity contribution in [2.45, 2.75) is 20.8 Å². The molecule has 104 valence electrons. The summed E-state index contributed by atoms with van der Waals surface area (Å²) in [6, 6.07) is 6.51. The number of rotatable bonds is 2. The van der Waals surface area contributed by atoms with E-state index in [1.807, 2.05) is 6.92 Å². The minimum atomic E-state index is -1.05. The summed E-state index contributed by atoms with van der Waals surface area (Å²) in [6.07, 6.45) is 0. The van der Waals surface area contributed by atoms with E-state index in [2.05, 4.69) is 0 Å². The van der Waals surface area contributed by atoms with Gasteiger partial charge < -0.3 is 5.11 Å². The molecule has 0 unspecified atom stereocenters. The molecule has 1 heterocycles. The van der Waals surface area contributed by atoms with E-state index in [-0.39, 0.29) is 11.1 Å². The van der Waals surface area contributed by atoms with Gasteiger partial charge in [-0.05, 0) is 44.0 Å². The summed E-state index contributed by atoms with van der Waals surface area (Å²) in [5, 5.41) is 9.79. The van der Waals surface area contributed by atoms with Crippen LogP contribution in [-0.4, -0.2) is 15.6 Å². The maximum absolute atomic E-state index is 12.2. The lowest BCUT2D eigenvalue weighted by Gasteiger charge is -2.16. The van der Waals surface area contributed by atoms with E-state index < -0.39 is 5.97 Å². The number of hydrogen-bond donors (Lipinski definition) is 1. The molecule has 0 amide bonds. The number of pyridine rings is 1. The molecule has 0 bridgehead atoms. The molecule has 0 atom stereocenters. The highest BCUT2D eigenvalue weighted by molar-refractivity contribution is 6.30. The first-order chi connectivity index (χ1) is 9.32. The van der Waals surface area contributed by atoms with E-state index in [4.69, 9.17) is 11.6 Å². The fourth-order valence-electron chi connectivity index (χ4n) is 2.33.